The van der Waals surface area contributed by atoms with Crippen molar-refractivity contribution in [3.05, 3.63) is 60.7 Å². The van der Waals surface area contributed by atoms with Crippen LogP contribution in [-0.4, -0.2) is 10.5 Å². The van der Waals surface area contributed by atoms with Gasteiger partial charge in [-0.15, -0.1) is 0 Å². The Bertz CT molecular complexity index is 761. The minimum absolute atomic E-state index is 0.131. The third kappa shape index (κ3) is 1.97. The first-order valence-corrected chi connectivity index (χ1v) is 6.53. The zero-order chi connectivity index (χ0) is 14.1. The van der Waals surface area contributed by atoms with Crippen molar-refractivity contribution < 1.29 is 9.90 Å². The van der Waals surface area contributed by atoms with Crippen molar-refractivity contribution in [2.24, 2.45) is 0 Å². The van der Waals surface area contributed by atoms with Crippen LogP contribution in [0.4, 0.5) is 0 Å². The summed E-state index contributed by atoms with van der Waals surface area (Å²) in [6.45, 7) is 4.12. The maximum absolute atomic E-state index is 10.8. The van der Waals surface area contributed by atoms with Crippen LogP contribution in [0.3, 0.4) is 0 Å². The highest BCUT2D eigenvalue weighted by molar-refractivity contribution is 6.07. The summed E-state index contributed by atoms with van der Waals surface area (Å²) in [5.74, 6) is -1.18. The van der Waals surface area contributed by atoms with E-state index in [1.165, 1.54) is 10.8 Å². The molecule has 0 saturated carbocycles. The largest absolute Gasteiger partial charge is 0.545 e. The molecule has 0 unspecified atom stereocenters. The first-order valence-electron chi connectivity index (χ1n) is 6.53. The predicted molar refractivity (Wildman–Crippen MR) is 78.2 cm³/mol. The third-order valence-corrected chi connectivity index (χ3v) is 3.61. The second-order valence-corrected chi connectivity index (χ2v) is 4.83. The highest BCUT2D eigenvalue weighted by atomic mass is 16.4. The Kier molecular flexibility index (Phi) is 3.03. The number of hydrogen-bond acceptors (Lipinski definition) is 2. The monoisotopic (exact) mass is 264 g/mol. The van der Waals surface area contributed by atoms with Crippen LogP contribution in [-0.2, 0) is 11.3 Å². The summed E-state index contributed by atoms with van der Waals surface area (Å²) in [4.78, 5) is 10.8. The van der Waals surface area contributed by atoms with Gasteiger partial charge in [-0.25, -0.2) is 0 Å². The quantitative estimate of drug-likeness (QED) is 0.680. The van der Waals surface area contributed by atoms with E-state index in [-0.39, 0.29) is 5.57 Å². The van der Waals surface area contributed by atoms with Crippen molar-refractivity contribution in [1.29, 1.82) is 0 Å². The van der Waals surface area contributed by atoms with Gasteiger partial charge in [0.25, 0.3) is 0 Å². The zero-order valence-corrected chi connectivity index (χ0v) is 11.0. The van der Waals surface area contributed by atoms with Crippen LogP contribution in [0.2, 0.25) is 0 Å². The molecule has 3 aromatic rings. The Balaban J connectivity index is 2.12. The molecule has 0 atom stereocenters. The average Bonchev–Trinajstić information content (AvgIpc) is 2.79. The number of aryl methyl sites for hydroxylation is 1. The number of aromatic nitrogens is 1. The average molecular weight is 264 g/mol. The molecule has 0 saturated heterocycles. The molecule has 0 radical (unpaired) electrons. The van der Waals surface area contributed by atoms with Gasteiger partial charge in [0, 0.05) is 28.4 Å². The number of aliphatic carboxylic acids is 1. The topological polar surface area (TPSA) is 45.1 Å². The van der Waals surface area contributed by atoms with Gasteiger partial charge in [-0.2, -0.15) is 0 Å². The molecule has 0 fully saturated rings. The third-order valence-electron chi connectivity index (χ3n) is 3.61. The van der Waals surface area contributed by atoms with Crippen molar-refractivity contribution >= 4 is 27.8 Å². The van der Waals surface area contributed by atoms with Crippen LogP contribution in [0, 0.1) is 0 Å². The van der Waals surface area contributed by atoms with Crippen molar-refractivity contribution in [3.8, 4) is 0 Å². The molecule has 100 valence electrons. The molecular weight excluding hydrogens is 250 g/mol. The summed E-state index contributed by atoms with van der Waals surface area (Å²) in [6.07, 6.45) is 0.380. The predicted octanol–water partition coefficient (Wildman–Crippen LogP) is 2.49. The maximum Gasteiger partial charge on any atom is 0.0669 e. The molecular formula is C17H14NO2-. The molecule has 1 heterocycles. The van der Waals surface area contributed by atoms with E-state index in [1.54, 1.807) is 0 Å². The molecule has 0 aliphatic heterocycles. The van der Waals surface area contributed by atoms with E-state index in [0.29, 0.717) is 13.0 Å². The highest BCUT2D eigenvalue weighted by Gasteiger charge is 2.09. The van der Waals surface area contributed by atoms with Gasteiger partial charge in [-0.3, -0.25) is 0 Å². The van der Waals surface area contributed by atoms with E-state index in [2.05, 4.69) is 35.4 Å². The van der Waals surface area contributed by atoms with E-state index in [0.717, 1.165) is 11.0 Å². The minimum Gasteiger partial charge on any atom is -0.545 e. The lowest BCUT2D eigenvalue weighted by Crippen LogP contribution is -2.24. The lowest BCUT2D eigenvalue weighted by atomic mass is 10.2. The number of fused-ring (bicyclic) bond motifs is 3. The number of hydrogen-bond donors (Lipinski definition) is 0. The van der Waals surface area contributed by atoms with Gasteiger partial charge in [0.15, 0.2) is 0 Å². The van der Waals surface area contributed by atoms with Crippen LogP contribution < -0.4 is 5.11 Å². The van der Waals surface area contributed by atoms with Crippen LogP contribution in [0.1, 0.15) is 6.42 Å². The molecule has 0 bridgehead atoms. The summed E-state index contributed by atoms with van der Waals surface area (Å²) in [5, 5.41) is 13.1. The second-order valence-electron chi connectivity index (χ2n) is 4.83. The molecule has 3 nitrogen and oxygen atoms in total. The van der Waals surface area contributed by atoms with Crippen molar-refractivity contribution in [3.63, 3.8) is 0 Å². The molecule has 0 N–H and O–H groups in total. The van der Waals surface area contributed by atoms with Crippen LogP contribution in [0.25, 0.3) is 21.8 Å². The van der Waals surface area contributed by atoms with Gasteiger partial charge in [0.1, 0.15) is 0 Å². The summed E-state index contributed by atoms with van der Waals surface area (Å²) in [7, 11) is 0. The van der Waals surface area contributed by atoms with E-state index in [4.69, 9.17) is 0 Å². The van der Waals surface area contributed by atoms with E-state index in [1.807, 2.05) is 24.3 Å². The second kappa shape index (κ2) is 4.85. The number of benzene rings is 2. The lowest BCUT2D eigenvalue weighted by molar-refractivity contribution is -0.299. The Morgan fingerprint density at radius 3 is 2.00 bits per heavy atom. The zero-order valence-electron chi connectivity index (χ0n) is 11.0. The van der Waals surface area contributed by atoms with Gasteiger partial charge in [0.2, 0.25) is 0 Å². The Morgan fingerprint density at radius 1 is 1.00 bits per heavy atom. The standard InChI is InChI=1S/C17H15NO2/c1-12(17(19)20)10-11-18-15-8-4-2-6-13(15)14-7-3-5-9-16(14)18/h2-9H,1,10-11H2,(H,19,20)/p-1. The van der Waals surface area contributed by atoms with Crippen LogP contribution in [0.5, 0.6) is 0 Å². The SMILES string of the molecule is C=C(CCn1c2ccccc2c2ccccc21)C(=O)[O-]. The maximum atomic E-state index is 10.8. The van der Waals surface area contributed by atoms with E-state index >= 15 is 0 Å². The Morgan fingerprint density at radius 2 is 1.50 bits per heavy atom. The fourth-order valence-electron chi connectivity index (χ4n) is 2.59. The van der Waals surface area contributed by atoms with Crippen molar-refractivity contribution in [1.82, 2.24) is 4.57 Å². The minimum atomic E-state index is -1.18. The molecule has 1 aromatic heterocycles. The van der Waals surface area contributed by atoms with Gasteiger partial charge in [-0.1, -0.05) is 43.0 Å². The van der Waals surface area contributed by atoms with Gasteiger partial charge in [0.05, 0.1) is 5.97 Å². The van der Waals surface area contributed by atoms with Crippen molar-refractivity contribution in [2.75, 3.05) is 0 Å². The number of carbonyl (C=O) groups excluding carboxylic acids is 1. The normalized spacial score (nSPS) is 11.0. The number of carboxylic acids is 1. The molecule has 2 aromatic carbocycles. The highest BCUT2D eigenvalue weighted by Crippen LogP contribution is 2.29. The van der Waals surface area contributed by atoms with Crippen molar-refractivity contribution in [2.45, 2.75) is 13.0 Å². The van der Waals surface area contributed by atoms with Gasteiger partial charge >= 0.3 is 0 Å². The molecule has 0 amide bonds. The summed E-state index contributed by atoms with van der Waals surface area (Å²) in [6, 6.07) is 16.3. The number of rotatable bonds is 4. The number of carbonyl (C=O) groups is 1. The number of nitrogens with zero attached hydrogens (tertiary/aromatic N) is 1. The molecule has 0 aliphatic carbocycles. The molecule has 20 heavy (non-hydrogen) atoms. The Hall–Kier alpha value is -2.55. The first-order chi connectivity index (χ1) is 9.68. The number of carboxylic acid groups (broad SMARTS) is 1. The van der Waals surface area contributed by atoms with E-state index in [9.17, 15) is 9.90 Å². The lowest BCUT2D eigenvalue weighted by Gasteiger charge is -2.10. The fourth-order valence-corrected chi connectivity index (χ4v) is 2.59. The smallest absolute Gasteiger partial charge is 0.0669 e. The van der Waals surface area contributed by atoms with Gasteiger partial charge < -0.3 is 14.5 Å². The fraction of sp³-hybridized carbons (Fsp3) is 0.118. The summed E-state index contributed by atoms with van der Waals surface area (Å²) in [5.41, 5.74) is 2.35. The Labute approximate surface area is 116 Å². The molecule has 0 aliphatic rings. The first kappa shape index (κ1) is 12.5. The van der Waals surface area contributed by atoms with Gasteiger partial charge in [-0.05, 0) is 24.1 Å². The summed E-state index contributed by atoms with van der Waals surface area (Å²) >= 11 is 0. The molecule has 0 spiro atoms. The van der Waals surface area contributed by atoms with E-state index < -0.39 is 5.97 Å². The molecule has 3 heteroatoms. The van der Waals surface area contributed by atoms with Crippen LogP contribution in [0.15, 0.2) is 60.7 Å². The summed E-state index contributed by atoms with van der Waals surface area (Å²) < 4.78 is 2.14. The number of para-hydroxylation sites is 2. The van der Waals surface area contributed by atoms with Crippen LogP contribution >= 0.6 is 0 Å². The molecule has 3 rings (SSSR count).